The van der Waals surface area contributed by atoms with Gasteiger partial charge in [-0.2, -0.15) is 0 Å². The molecule has 0 aromatic heterocycles. The summed E-state index contributed by atoms with van der Waals surface area (Å²) in [5, 5.41) is 0. The van der Waals surface area contributed by atoms with E-state index in [0.717, 1.165) is 67.1 Å². The van der Waals surface area contributed by atoms with Crippen molar-refractivity contribution in [3.05, 3.63) is 53.6 Å². The summed E-state index contributed by atoms with van der Waals surface area (Å²) in [7, 11) is 0. The second kappa shape index (κ2) is 8.61. The number of likely N-dealkylation sites (tertiary alicyclic amines) is 1. The van der Waals surface area contributed by atoms with E-state index < -0.39 is 0 Å². The molecule has 0 bridgehead atoms. The van der Waals surface area contributed by atoms with Crippen molar-refractivity contribution in [2.75, 3.05) is 31.2 Å². The maximum absolute atomic E-state index is 13.1. The van der Waals surface area contributed by atoms with Gasteiger partial charge >= 0.3 is 0 Å². The Kier molecular flexibility index (Phi) is 5.53. The Morgan fingerprint density at radius 3 is 2.52 bits per heavy atom. The molecule has 3 aliphatic heterocycles. The first-order chi connectivity index (χ1) is 15.2. The van der Waals surface area contributed by atoms with E-state index in [0.29, 0.717) is 26.1 Å². The monoisotopic (exact) mass is 420 g/mol. The second-order valence-corrected chi connectivity index (χ2v) is 8.49. The first-order valence-corrected chi connectivity index (χ1v) is 11.3. The summed E-state index contributed by atoms with van der Waals surface area (Å²) in [5.41, 5.74) is 3.01. The first kappa shape index (κ1) is 19.9. The summed E-state index contributed by atoms with van der Waals surface area (Å²) in [6, 6.07) is 14.0. The molecule has 31 heavy (non-hydrogen) atoms. The van der Waals surface area contributed by atoms with Gasteiger partial charge in [-0.3, -0.25) is 9.59 Å². The van der Waals surface area contributed by atoms with E-state index >= 15 is 0 Å². The van der Waals surface area contributed by atoms with Crippen molar-refractivity contribution in [1.29, 1.82) is 0 Å². The number of anilines is 1. The molecule has 2 saturated heterocycles. The Balaban J connectivity index is 1.28. The highest BCUT2D eigenvalue weighted by atomic mass is 16.5. The van der Waals surface area contributed by atoms with E-state index in [1.807, 2.05) is 46.2 Å². The van der Waals surface area contributed by atoms with Gasteiger partial charge in [0.05, 0.1) is 25.7 Å². The lowest BCUT2D eigenvalue weighted by Crippen LogP contribution is -2.31. The van der Waals surface area contributed by atoms with Crippen LogP contribution in [0, 0.1) is 0 Å². The standard InChI is InChI=1S/C25H28N2O4/c28-24-5-2-12-26(24)20-9-6-18(7-10-20)16-25(29)27-13-1-4-21(27)19-8-11-22-23(17-19)31-15-3-14-30-22/h6-11,17,21H,1-5,12-16H2/t21-/m0/s1. The summed E-state index contributed by atoms with van der Waals surface area (Å²) >= 11 is 0. The van der Waals surface area contributed by atoms with Gasteiger partial charge in [0, 0.05) is 31.6 Å². The summed E-state index contributed by atoms with van der Waals surface area (Å²) in [5.74, 6) is 1.88. The smallest absolute Gasteiger partial charge is 0.227 e. The van der Waals surface area contributed by atoms with Crippen molar-refractivity contribution < 1.29 is 19.1 Å². The SMILES string of the molecule is O=C1CCCN1c1ccc(CC(=O)N2CCC[C@H]2c2ccc3c(c2)OCCCO3)cc1. The first-order valence-electron chi connectivity index (χ1n) is 11.3. The van der Waals surface area contributed by atoms with Crippen molar-refractivity contribution in [2.24, 2.45) is 0 Å². The summed E-state index contributed by atoms with van der Waals surface area (Å²) in [6.07, 6.45) is 4.74. The molecular formula is C25H28N2O4. The molecule has 6 nitrogen and oxygen atoms in total. The van der Waals surface area contributed by atoms with Crippen LogP contribution < -0.4 is 14.4 Å². The molecule has 0 spiro atoms. The molecule has 2 amide bonds. The molecule has 2 fully saturated rings. The normalized spacial score (nSPS) is 20.8. The second-order valence-electron chi connectivity index (χ2n) is 8.49. The van der Waals surface area contributed by atoms with E-state index in [-0.39, 0.29) is 17.9 Å². The minimum Gasteiger partial charge on any atom is -0.490 e. The maximum atomic E-state index is 13.1. The molecule has 2 aromatic carbocycles. The number of amides is 2. The van der Waals surface area contributed by atoms with Crippen LogP contribution >= 0.6 is 0 Å². The average molecular weight is 421 g/mol. The molecule has 3 heterocycles. The zero-order valence-corrected chi connectivity index (χ0v) is 17.7. The number of carbonyl (C=O) groups excluding carboxylic acids is 2. The molecular weight excluding hydrogens is 392 g/mol. The Hall–Kier alpha value is -3.02. The van der Waals surface area contributed by atoms with Gasteiger partial charge in [-0.05, 0) is 54.7 Å². The maximum Gasteiger partial charge on any atom is 0.227 e. The van der Waals surface area contributed by atoms with Gasteiger partial charge in [0.25, 0.3) is 0 Å². The van der Waals surface area contributed by atoms with Crippen LogP contribution in [0.25, 0.3) is 0 Å². The molecule has 0 saturated carbocycles. The van der Waals surface area contributed by atoms with E-state index in [1.54, 1.807) is 0 Å². The van der Waals surface area contributed by atoms with E-state index in [2.05, 4.69) is 6.07 Å². The molecule has 0 N–H and O–H groups in total. The number of rotatable bonds is 4. The van der Waals surface area contributed by atoms with Crippen LogP contribution in [0.2, 0.25) is 0 Å². The fourth-order valence-electron chi connectivity index (χ4n) is 4.79. The fourth-order valence-corrected chi connectivity index (χ4v) is 4.79. The van der Waals surface area contributed by atoms with E-state index in [1.165, 1.54) is 0 Å². The number of hydrogen-bond acceptors (Lipinski definition) is 4. The number of ether oxygens (including phenoxy) is 2. The molecule has 0 aliphatic carbocycles. The molecule has 2 aromatic rings. The largest absolute Gasteiger partial charge is 0.490 e. The van der Waals surface area contributed by atoms with Gasteiger partial charge in [0.1, 0.15) is 0 Å². The lowest BCUT2D eigenvalue weighted by atomic mass is 10.0. The molecule has 3 aliphatic rings. The lowest BCUT2D eigenvalue weighted by Gasteiger charge is -2.26. The molecule has 5 rings (SSSR count). The van der Waals surface area contributed by atoms with Crippen LogP contribution in [0.15, 0.2) is 42.5 Å². The third-order valence-electron chi connectivity index (χ3n) is 6.41. The zero-order valence-electron chi connectivity index (χ0n) is 17.7. The highest BCUT2D eigenvalue weighted by molar-refractivity contribution is 5.95. The minimum atomic E-state index is 0.0751. The number of fused-ring (bicyclic) bond motifs is 1. The number of nitrogens with zero attached hydrogens (tertiary/aromatic N) is 2. The summed E-state index contributed by atoms with van der Waals surface area (Å²) in [4.78, 5) is 28.9. The van der Waals surface area contributed by atoms with Crippen molar-refractivity contribution in [3.63, 3.8) is 0 Å². The fraction of sp³-hybridized carbons (Fsp3) is 0.440. The van der Waals surface area contributed by atoms with Crippen LogP contribution in [0.4, 0.5) is 5.69 Å². The predicted octanol–water partition coefficient (Wildman–Crippen LogP) is 3.88. The molecule has 162 valence electrons. The van der Waals surface area contributed by atoms with E-state index in [4.69, 9.17) is 9.47 Å². The van der Waals surface area contributed by atoms with Crippen molar-refractivity contribution in [1.82, 2.24) is 4.90 Å². The van der Waals surface area contributed by atoms with Crippen molar-refractivity contribution in [3.8, 4) is 11.5 Å². The number of carbonyl (C=O) groups is 2. The van der Waals surface area contributed by atoms with Gasteiger partial charge in [-0.15, -0.1) is 0 Å². The van der Waals surface area contributed by atoms with Crippen LogP contribution in [0.5, 0.6) is 11.5 Å². The molecule has 0 unspecified atom stereocenters. The van der Waals surface area contributed by atoms with Gasteiger partial charge < -0.3 is 19.3 Å². The van der Waals surface area contributed by atoms with Gasteiger partial charge in [-0.1, -0.05) is 18.2 Å². The molecule has 1 atom stereocenters. The highest BCUT2D eigenvalue weighted by Crippen LogP contribution is 2.38. The van der Waals surface area contributed by atoms with Crippen LogP contribution in [0.3, 0.4) is 0 Å². The quantitative estimate of drug-likeness (QED) is 0.753. The van der Waals surface area contributed by atoms with Crippen LogP contribution in [-0.4, -0.2) is 43.0 Å². The number of benzene rings is 2. The van der Waals surface area contributed by atoms with Crippen molar-refractivity contribution >= 4 is 17.5 Å². The Labute approximate surface area is 182 Å². The highest BCUT2D eigenvalue weighted by Gasteiger charge is 2.31. The lowest BCUT2D eigenvalue weighted by molar-refractivity contribution is -0.131. The summed E-state index contributed by atoms with van der Waals surface area (Å²) < 4.78 is 11.6. The van der Waals surface area contributed by atoms with Crippen molar-refractivity contribution in [2.45, 2.75) is 44.6 Å². The summed E-state index contributed by atoms with van der Waals surface area (Å²) in [6.45, 7) is 2.88. The number of hydrogen-bond donors (Lipinski definition) is 0. The van der Waals surface area contributed by atoms with Gasteiger partial charge in [0.2, 0.25) is 11.8 Å². The van der Waals surface area contributed by atoms with Gasteiger partial charge in [-0.25, -0.2) is 0 Å². The Morgan fingerprint density at radius 2 is 1.74 bits per heavy atom. The molecule has 0 radical (unpaired) electrons. The Bertz CT molecular complexity index is 972. The Morgan fingerprint density at radius 1 is 0.935 bits per heavy atom. The minimum absolute atomic E-state index is 0.0751. The topological polar surface area (TPSA) is 59.1 Å². The zero-order chi connectivity index (χ0) is 21.2. The third kappa shape index (κ3) is 4.11. The average Bonchev–Trinajstić information content (AvgIpc) is 3.38. The van der Waals surface area contributed by atoms with E-state index in [9.17, 15) is 9.59 Å². The van der Waals surface area contributed by atoms with Gasteiger partial charge in [0.15, 0.2) is 11.5 Å². The third-order valence-corrected chi connectivity index (χ3v) is 6.41. The predicted molar refractivity (Wildman–Crippen MR) is 117 cm³/mol. The van der Waals surface area contributed by atoms with Crippen LogP contribution in [-0.2, 0) is 16.0 Å². The molecule has 6 heteroatoms. The van der Waals surface area contributed by atoms with Crippen LogP contribution in [0.1, 0.15) is 49.3 Å².